The summed E-state index contributed by atoms with van der Waals surface area (Å²) in [6.07, 6.45) is 4.17. The molecule has 16 heavy (non-hydrogen) atoms. The lowest BCUT2D eigenvalue weighted by Crippen LogP contribution is -2.30. The van der Waals surface area contributed by atoms with Crippen LogP contribution in [0.2, 0.25) is 0 Å². The third-order valence-corrected chi connectivity index (χ3v) is 3.93. The van der Waals surface area contributed by atoms with E-state index in [9.17, 15) is 0 Å². The van der Waals surface area contributed by atoms with Crippen LogP contribution in [0, 0.1) is 5.92 Å². The molecule has 88 valence electrons. The summed E-state index contributed by atoms with van der Waals surface area (Å²) >= 11 is 3.52. The van der Waals surface area contributed by atoms with Gasteiger partial charge in [-0.3, -0.25) is 0 Å². The van der Waals surface area contributed by atoms with E-state index in [0.29, 0.717) is 6.54 Å². The third-order valence-electron chi connectivity index (χ3n) is 3.44. The van der Waals surface area contributed by atoms with Gasteiger partial charge in [-0.15, -0.1) is 0 Å². The fourth-order valence-electron chi connectivity index (χ4n) is 2.23. The molecule has 2 rings (SSSR count). The molecule has 2 nitrogen and oxygen atoms in total. The number of benzene rings is 1. The van der Waals surface area contributed by atoms with Crippen molar-refractivity contribution in [3.05, 3.63) is 28.2 Å². The highest BCUT2D eigenvalue weighted by atomic mass is 79.9. The highest BCUT2D eigenvalue weighted by Gasteiger charge is 2.20. The molecule has 0 saturated heterocycles. The topological polar surface area (TPSA) is 29.3 Å². The number of hydrogen-bond donors (Lipinski definition) is 1. The van der Waals surface area contributed by atoms with Crippen LogP contribution in [0.4, 0.5) is 5.69 Å². The average molecular weight is 283 g/mol. The van der Waals surface area contributed by atoms with Gasteiger partial charge >= 0.3 is 0 Å². The number of halogens is 1. The van der Waals surface area contributed by atoms with E-state index in [2.05, 4.69) is 46.1 Å². The first kappa shape index (κ1) is 11.9. The summed E-state index contributed by atoms with van der Waals surface area (Å²) in [7, 11) is 2.17. The van der Waals surface area contributed by atoms with Crippen molar-refractivity contribution >= 4 is 21.6 Å². The zero-order valence-electron chi connectivity index (χ0n) is 9.75. The van der Waals surface area contributed by atoms with Crippen LogP contribution in [-0.4, -0.2) is 13.6 Å². The molecule has 1 fully saturated rings. The smallest absolute Gasteiger partial charge is 0.0420 e. The van der Waals surface area contributed by atoms with Gasteiger partial charge in [0.05, 0.1) is 0 Å². The highest BCUT2D eigenvalue weighted by Crippen LogP contribution is 2.30. The number of nitrogens with two attached hydrogens (primary N) is 1. The Balaban J connectivity index is 2.13. The van der Waals surface area contributed by atoms with Crippen LogP contribution in [-0.2, 0) is 6.54 Å². The monoisotopic (exact) mass is 282 g/mol. The summed E-state index contributed by atoms with van der Waals surface area (Å²) < 4.78 is 1.13. The van der Waals surface area contributed by atoms with Gasteiger partial charge in [-0.2, -0.15) is 0 Å². The van der Waals surface area contributed by atoms with Crippen LogP contribution in [0.1, 0.15) is 24.8 Å². The Morgan fingerprint density at radius 1 is 1.44 bits per heavy atom. The maximum atomic E-state index is 5.77. The Bertz CT molecular complexity index is 361. The molecule has 0 unspecified atom stereocenters. The van der Waals surface area contributed by atoms with Crippen LogP contribution in [0.25, 0.3) is 0 Å². The Kier molecular flexibility index (Phi) is 3.87. The quantitative estimate of drug-likeness (QED) is 0.919. The SMILES string of the molecule is CN(CC1CCC1)c1cc(Br)ccc1CN. The number of nitrogens with zero attached hydrogens (tertiary/aromatic N) is 1. The highest BCUT2D eigenvalue weighted by molar-refractivity contribution is 9.10. The largest absolute Gasteiger partial charge is 0.374 e. The van der Waals surface area contributed by atoms with E-state index in [1.54, 1.807) is 0 Å². The molecule has 1 aliphatic carbocycles. The van der Waals surface area contributed by atoms with Gasteiger partial charge < -0.3 is 10.6 Å². The summed E-state index contributed by atoms with van der Waals surface area (Å²) in [5, 5.41) is 0. The van der Waals surface area contributed by atoms with Gasteiger partial charge in [-0.05, 0) is 36.5 Å². The molecular weight excluding hydrogens is 264 g/mol. The molecule has 0 spiro atoms. The first-order valence-electron chi connectivity index (χ1n) is 5.90. The fourth-order valence-corrected chi connectivity index (χ4v) is 2.57. The molecule has 0 atom stereocenters. The Morgan fingerprint density at radius 2 is 2.19 bits per heavy atom. The summed E-state index contributed by atoms with van der Waals surface area (Å²) in [6, 6.07) is 6.33. The molecule has 3 heteroatoms. The van der Waals surface area contributed by atoms with Crippen LogP contribution < -0.4 is 10.6 Å². The van der Waals surface area contributed by atoms with E-state index < -0.39 is 0 Å². The molecule has 1 aromatic carbocycles. The maximum Gasteiger partial charge on any atom is 0.0420 e. The molecular formula is C13H19BrN2. The maximum absolute atomic E-state index is 5.77. The van der Waals surface area contributed by atoms with Crippen molar-refractivity contribution in [2.45, 2.75) is 25.8 Å². The van der Waals surface area contributed by atoms with Crippen LogP contribution in [0.5, 0.6) is 0 Å². The van der Waals surface area contributed by atoms with Crippen molar-refractivity contribution in [2.24, 2.45) is 11.7 Å². The van der Waals surface area contributed by atoms with Crippen LogP contribution in [0.15, 0.2) is 22.7 Å². The molecule has 0 heterocycles. The number of rotatable bonds is 4. The second-order valence-corrected chi connectivity index (χ2v) is 5.57. The Hall–Kier alpha value is -0.540. The minimum absolute atomic E-state index is 0.609. The normalized spacial score (nSPS) is 15.9. The second-order valence-electron chi connectivity index (χ2n) is 4.65. The van der Waals surface area contributed by atoms with Gasteiger partial charge in [-0.1, -0.05) is 28.4 Å². The molecule has 0 radical (unpaired) electrons. The zero-order valence-corrected chi connectivity index (χ0v) is 11.3. The molecule has 0 aliphatic heterocycles. The lowest BCUT2D eigenvalue weighted by atomic mass is 9.85. The van der Waals surface area contributed by atoms with Crippen molar-refractivity contribution in [1.82, 2.24) is 0 Å². The summed E-state index contributed by atoms with van der Waals surface area (Å²) in [6.45, 7) is 1.76. The van der Waals surface area contributed by atoms with Crippen LogP contribution >= 0.6 is 15.9 Å². The number of anilines is 1. The van der Waals surface area contributed by atoms with Crippen molar-refractivity contribution in [3.8, 4) is 0 Å². The van der Waals surface area contributed by atoms with Gasteiger partial charge in [0.25, 0.3) is 0 Å². The Labute approximate surface area is 106 Å². The van der Waals surface area contributed by atoms with E-state index in [-0.39, 0.29) is 0 Å². The van der Waals surface area contributed by atoms with E-state index in [0.717, 1.165) is 16.9 Å². The first-order valence-corrected chi connectivity index (χ1v) is 6.69. The Morgan fingerprint density at radius 3 is 2.75 bits per heavy atom. The summed E-state index contributed by atoms with van der Waals surface area (Å²) in [4.78, 5) is 2.34. The first-order chi connectivity index (χ1) is 7.70. The van der Waals surface area contributed by atoms with Crippen molar-refractivity contribution < 1.29 is 0 Å². The molecule has 1 saturated carbocycles. The lowest BCUT2D eigenvalue weighted by Gasteiger charge is -2.32. The van der Waals surface area contributed by atoms with Crippen LogP contribution in [0.3, 0.4) is 0 Å². The predicted molar refractivity (Wildman–Crippen MR) is 72.6 cm³/mol. The summed E-state index contributed by atoms with van der Waals surface area (Å²) in [5.74, 6) is 0.884. The molecule has 0 aromatic heterocycles. The average Bonchev–Trinajstić information content (AvgIpc) is 2.23. The van der Waals surface area contributed by atoms with E-state index in [1.807, 2.05) is 0 Å². The number of hydrogen-bond acceptors (Lipinski definition) is 2. The lowest BCUT2D eigenvalue weighted by molar-refractivity contribution is 0.321. The molecule has 0 bridgehead atoms. The van der Waals surface area contributed by atoms with Crippen molar-refractivity contribution in [1.29, 1.82) is 0 Å². The van der Waals surface area contributed by atoms with Crippen molar-refractivity contribution in [3.63, 3.8) is 0 Å². The van der Waals surface area contributed by atoms with Gasteiger partial charge in [0.15, 0.2) is 0 Å². The second kappa shape index (κ2) is 5.19. The van der Waals surface area contributed by atoms with Gasteiger partial charge in [0, 0.05) is 30.3 Å². The van der Waals surface area contributed by atoms with Gasteiger partial charge in [0.2, 0.25) is 0 Å². The van der Waals surface area contributed by atoms with E-state index in [4.69, 9.17) is 5.73 Å². The van der Waals surface area contributed by atoms with E-state index in [1.165, 1.54) is 30.5 Å². The molecule has 2 N–H and O–H groups in total. The fraction of sp³-hybridized carbons (Fsp3) is 0.538. The predicted octanol–water partition coefficient (Wildman–Crippen LogP) is 3.14. The molecule has 0 amide bonds. The minimum Gasteiger partial charge on any atom is -0.374 e. The zero-order chi connectivity index (χ0) is 11.5. The van der Waals surface area contributed by atoms with Crippen molar-refractivity contribution in [2.75, 3.05) is 18.5 Å². The molecule has 1 aliphatic rings. The molecule has 1 aromatic rings. The van der Waals surface area contributed by atoms with Gasteiger partial charge in [0.1, 0.15) is 0 Å². The van der Waals surface area contributed by atoms with Gasteiger partial charge in [-0.25, -0.2) is 0 Å². The third kappa shape index (κ3) is 2.58. The minimum atomic E-state index is 0.609. The standard InChI is InChI=1S/C13H19BrN2/c1-16(9-10-3-2-4-10)13-7-12(14)6-5-11(13)8-15/h5-7,10H,2-4,8-9,15H2,1H3. The van der Waals surface area contributed by atoms with E-state index >= 15 is 0 Å². The summed E-state index contributed by atoms with van der Waals surface area (Å²) in [5.41, 5.74) is 8.27.